The van der Waals surface area contributed by atoms with E-state index in [-0.39, 0.29) is 48.6 Å². The standard InChI is InChI=1S/C13H26N4O3.HI/c1-8-9(7-16-10(14)15)17(13(5,6)19-8)11(18)20-12(2,3)4;/h8-9H,7H2,1-6H3,(H4,14,15,16);1H. The van der Waals surface area contributed by atoms with Crippen molar-refractivity contribution in [1.82, 2.24) is 4.90 Å². The molecule has 7 nitrogen and oxygen atoms in total. The van der Waals surface area contributed by atoms with Gasteiger partial charge in [-0.05, 0) is 41.5 Å². The molecule has 1 aliphatic rings. The summed E-state index contributed by atoms with van der Waals surface area (Å²) in [6, 6.07) is -0.262. The summed E-state index contributed by atoms with van der Waals surface area (Å²) in [7, 11) is 0. The molecule has 2 unspecified atom stereocenters. The van der Waals surface area contributed by atoms with Gasteiger partial charge in [0.15, 0.2) is 5.96 Å². The van der Waals surface area contributed by atoms with Gasteiger partial charge in [-0.25, -0.2) is 4.79 Å². The van der Waals surface area contributed by atoms with E-state index in [9.17, 15) is 4.79 Å². The van der Waals surface area contributed by atoms with Gasteiger partial charge in [-0.2, -0.15) is 0 Å². The summed E-state index contributed by atoms with van der Waals surface area (Å²) in [5.74, 6) is -0.00829. The number of carbonyl (C=O) groups is 1. The highest BCUT2D eigenvalue weighted by molar-refractivity contribution is 14.0. The van der Waals surface area contributed by atoms with Crippen LogP contribution < -0.4 is 11.5 Å². The lowest BCUT2D eigenvalue weighted by atomic mass is 10.1. The van der Waals surface area contributed by atoms with Crippen LogP contribution in [0.4, 0.5) is 4.79 Å². The van der Waals surface area contributed by atoms with Gasteiger partial charge in [0, 0.05) is 0 Å². The summed E-state index contributed by atoms with van der Waals surface area (Å²) in [6.07, 6.45) is -0.608. The molecular formula is C13H27IN4O3. The van der Waals surface area contributed by atoms with Crippen LogP contribution in [-0.4, -0.2) is 47.0 Å². The van der Waals surface area contributed by atoms with E-state index in [0.29, 0.717) is 0 Å². The molecule has 124 valence electrons. The maximum Gasteiger partial charge on any atom is 0.412 e. The number of aliphatic imine (C=N–C) groups is 1. The van der Waals surface area contributed by atoms with Crippen molar-refractivity contribution in [2.45, 2.75) is 65.0 Å². The van der Waals surface area contributed by atoms with E-state index in [1.54, 1.807) is 4.90 Å². The molecule has 0 bridgehead atoms. The first-order valence-corrected chi connectivity index (χ1v) is 6.69. The molecular weight excluding hydrogens is 387 g/mol. The number of hydrogen-bond acceptors (Lipinski definition) is 4. The topological polar surface area (TPSA) is 103 Å². The molecule has 4 N–H and O–H groups in total. The van der Waals surface area contributed by atoms with Crippen molar-refractivity contribution in [3.8, 4) is 0 Å². The molecule has 0 aromatic carbocycles. The molecule has 0 radical (unpaired) electrons. The predicted molar refractivity (Wildman–Crippen MR) is 92.6 cm³/mol. The number of hydrogen-bond donors (Lipinski definition) is 2. The molecule has 1 aliphatic heterocycles. The highest BCUT2D eigenvalue weighted by Gasteiger charge is 2.49. The highest BCUT2D eigenvalue weighted by Crippen LogP contribution is 2.33. The first-order chi connectivity index (χ1) is 8.94. The maximum absolute atomic E-state index is 12.4. The van der Waals surface area contributed by atoms with Gasteiger partial charge in [0.25, 0.3) is 0 Å². The number of nitrogens with zero attached hydrogens (tertiary/aromatic N) is 2. The summed E-state index contributed by atoms with van der Waals surface area (Å²) < 4.78 is 11.3. The number of nitrogens with two attached hydrogens (primary N) is 2. The zero-order chi connectivity index (χ0) is 15.7. The van der Waals surface area contributed by atoms with Gasteiger partial charge in [0.1, 0.15) is 11.3 Å². The fourth-order valence-electron chi connectivity index (χ4n) is 2.29. The van der Waals surface area contributed by atoms with Crippen LogP contribution in [0.3, 0.4) is 0 Å². The molecule has 1 saturated heterocycles. The van der Waals surface area contributed by atoms with Crippen molar-refractivity contribution in [1.29, 1.82) is 0 Å². The Hall–Kier alpha value is -0.770. The van der Waals surface area contributed by atoms with Gasteiger partial charge in [-0.3, -0.25) is 9.89 Å². The van der Waals surface area contributed by atoms with Gasteiger partial charge in [0.05, 0.1) is 18.7 Å². The Bertz CT molecular complexity index is 403. The van der Waals surface area contributed by atoms with Crippen LogP contribution in [0.25, 0.3) is 0 Å². The summed E-state index contributed by atoms with van der Waals surface area (Å²) in [4.78, 5) is 17.9. The Morgan fingerprint density at radius 3 is 2.33 bits per heavy atom. The van der Waals surface area contributed by atoms with E-state index in [1.807, 2.05) is 41.5 Å². The quantitative estimate of drug-likeness (QED) is 0.406. The fraction of sp³-hybridized carbons (Fsp3) is 0.846. The van der Waals surface area contributed by atoms with Crippen LogP contribution in [0.5, 0.6) is 0 Å². The third kappa shape index (κ3) is 5.50. The number of guanidine groups is 1. The lowest BCUT2D eigenvalue weighted by Crippen LogP contribution is -2.51. The highest BCUT2D eigenvalue weighted by atomic mass is 127. The molecule has 1 amide bonds. The lowest BCUT2D eigenvalue weighted by Gasteiger charge is -2.34. The second-order valence-electron chi connectivity index (χ2n) is 6.45. The Balaban J connectivity index is 0.00000400. The van der Waals surface area contributed by atoms with Crippen molar-refractivity contribution >= 4 is 36.0 Å². The average molecular weight is 414 g/mol. The average Bonchev–Trinajstić information content (AvgIpc) is 2.41. The van der Waals surface area contributed by atoms with Crippen molar-refractivity contribution in [3.05, 3.63) is 0 Å². The first kappa shape index (κ1) is 20.2. The number of rotatable bonds is 2. The zero-order valence-electron chi connectivity index (χ0n) is 13.5. The number of amides is 1. The Kier molecular flexibility index (Phi) is 6.74. The lowest BCUT2D eigenvalue weighted by molar-refractivity contribution is -0.0755. The largest absolute Gasteiger partial charge is 0.444 e. The minimum absolute atomic E-state index is 0. The fourth-order valence-corrected chi connectivity index (χ4v) is 2.29. The summed E-state index contributed by atoms with van der Waals surface area (Å²) in [5, 5.41) is 0. The smallest absolute Gasteiger partial charge is 0.412 e. The van der Waals surface area contributed by atoms with E-state index in [2.05, 4.69) is 4.99 Å². The van der Waals surface area contributed by atoms with Gasteiger partial charge < -0.3 is 20.9 Å². The van der Waals surface area contributed by atoms with Crippen LogP contribution in [0.1, 0.15) is 41.5 Å². The Morgan fingerprint density at radius 2 is 1.90 bits per heavy atom. The SMILES string of the molecule is CC1OC(C)(C)N(C(=O)OC(C)(C)C)C1CN=C(N)N.I. The Labute approximate surface area is 143 Å². The van der Waals surface area contributed by atoms with Gasteiger partial charge in [-0.1, -0.05) is 0 Å². The van der Waals surface area contributed by atoms with Gasteiger partial charge in [-0.15, -0.1) is 24.0 Å². The van der Waals surface area contributed by atoms with Crippen molar-refractivity contribution in [3.63, 3.8) is 0 Å². The van der Waals surface area contributed by atoms with Crippen LogP contribution in [0.2, 0.25) is 0 Å². The van der Waals surface area contributed by atoms with E-state index < -0.39 is 17.4 Å². The summed E-state index contributed by atoms with van der Waals surface area (Å²) in [5.41, 5.74) is 9.39. The van der Waals surface area contributed by atoms with Gasteiger partial charge in [0.2, 0.25) is 0 Å². The molecule has 21 heavy (non-hydrogen) atoms. The predicted octanol–water partition coefficient (Wildman–Crippen LogP) is 1.64. The molecule has 1 fully saturated rings. The van der Waals surface area contributed by atoms with Crippen LogP contribution in [0.15, 0.2) is 4.99 Å². The second kappa shape index (κ2) is 6.99. The molecule has 8 heteroatoms. The molecule has 1 rings (SSSR count). The Morgan fingerprint density at radius 1 is 1.38 bits per heavy atom. The zero-order valence-corrected chi connectivity index (χ0v) is 15.9. The van der Waals surface area contributed by atoms with E-state index in [1.165, 1.54) is 0 Å². The summed E-state index contributed by atoms with van der Waals surface area (Å²) >= 11 is 0. The number of ether oxygens (including phenoxy) is 2. The third-order valence-corrected chi connectivity index (χ3v) is 2.98. The van der Waals surface area contributed by atoms with E-state index in [4.69, 9.17) is 20.9 Å². The minimum Gasteiger partial charge on any atom is -0.444 e. The monoisotopic (exact) mass is 414 g/mol. The summed E-state index contributed by atoms with van der Waals surface area (Å²) in [6.45, 7) is 11.3. The molecule has 0 aromatic rings. The van der Waals surface area contributed by atoms with E-state index >= 15 is 0 Å². The van der Waals surface area contributed by atoms with Crippen molar-refractivity contribution in [2.75, 3.05) is 6.54 Å². The van der Waals surface area contributed by atoms with Gasteiger partial charge >= 0.3 is 6.09 Å². The number of carbonyl (C=O) groups excluding carboxylic acids is 1. The maximum atomic E-state index is 12.4. The minimum atomic E-state index is -0.759. The first-order valence-electron chi connectivity index (χ1n) is 6.69. The molecule has 0 aromatic heterocycles. The van der Waals surface area contributed by atoms with Crippen LogP contribution in [0, 0.1) is 0 Å². The number of halogens is 1. The molecule has 2 atom stereocenters. The van der Waals surface area contributed by atoms with Crippen LogP contribution in [-0.2, 0) is 9.47 Å². The van der Waals surface area contributed by atoms with E-state index in [0.717, 1.165) is 0 Å². The molecule has 1 heterocycles. The molecule has 0 spiro atoms. The van der Waals surface area contributed by atoms with Crippen molar-refractivity contribution < 1.29 is 14.3 Å². The van der Waals surface area contributed by atoms with Crippen LogP contribution >= 0.6 is 24.0 Å². The normalized spacial score (nSPS) is 24.2. The third-order valence-electron chi connectivity index (χ3n) is 2.98. The molecule has 0 aliphatic carbocycles. The second-order valence-corrected chi connectivity index (χ2v) is 6.45. The van der Waals surface area contributed by atoms with Crippen molar-refractivity contribution in [2.24, 2.45) is 16.5 Å². The molecule has 0 saturated carbocycles.